The van der Waals surface area contributed by atoms with Crippen molar-refractivity contribution in [2.75, 3.05) is 51.5 Å². The third-order valence-corrected chi connectivity index (χ3v) is 18.6. The Hall–Kier alpha value is -10.6. The van der Waals surface area contributed by atoms with E-state index in [9.17, 15) is 35.5 Å². The molecule has 4 heterocycles. The second-order valence-corrected chi connectivity index (χ2v) is 26.3. The van der Waals surface area contributed by atoms with Crippen molar-refractivity contribution in [2.45, 2.75) is 130 Å². The molecule has 0 amide bonds. The molecule has 0 bridgehead atoms. The summed E-state index contributed by atoms with van der Waals surface area (Å²) in [6.45, 7) is 18.0. The second kappa shape index (κ2) is 30.2. The fraction of sp³-hybridized carbons (Fsp3) is 0.351. The van der Waals surface area contributed by atoms with Crippen molar-refractivity contribution in [3.8, 4) is 46.5 Å². The van der Waals surface area contributed by atoms with Crippen LogP contribution in [0.15, 0.2) is 152 Å². The summed E-state index contributed by atoms with van der Waals surface area (Å²) in [7, 11) is 0. The Morgan fingerprint density at radius 1 is 0.510 bits per heavy atom. The molecule has 0 spiro atoms. The van der Waals surface area contributed by atoms with Crippen LogP contribution >= 0.6 is 0 Å². The number of ether oxygens (including phenoxy) is 1. The molecule has 22 heteroatoms. The van der Waals surface area contributed by atoms with Crippen molar-refractivity contribution in [1.29, 1.82) is 15.8 Å². The molecule has 0 unspecified atom stereocenters. The number of halogens is 1. The monoisotopic (exact) mass is 1300 g/mol. The van der Waals surface area contributed by atoms with Crippen molar-refractivity contribution in [1.82, 2.24) is 39.7 Å². The van der Waals surface area contributed by atoms with Gasteiger partial charge in [-0.1, -0.05) is 120 Å². The number of aliphatic hydroxyl groups excluding tert-OH is 3. The molecule has 9 N–H and O–H groups in total. The van der Waals surface area contributed by atoms with Crippen LogP contribution in [-0.4, -0.2) is 111 Å². The number of hydrogen-bond donors (Lipinski definition) is 9. The highest BCUT2D eigenvalue weighted by Crippen LogP contribution is 2.44. The van der Waals surface area contributed by atoms with Crippen LogP contribution in [0, 0.1) is 69.9 Å². The molecule has 3 fully saturated rings. The van der Waals surface area contributed by atoms with Crippen molar-refractivity contribution < 1.29 is 28.7 Å². The molecular weight excluding hydrogens is 1210 g/mol. The number of para-hydroxylation sites is 1. The lowest BCUT2D eigenvalue weighted by molar-refractivity contribution is -0.0512. The van der Waals surface area contributed by atoms with E-state index in [1.54, 1.807) is 12.1 Å². The number of nitrogens with one attached hydrogen (secondary N) is 6. The normalized spacial score (nSPS) is 19.0. The zero-order valence-corrected chi connectivity index (χ0v) is 55.3. The number of aromatic nitrogens is 8. The first kappa shape index (κ1) is 68.3. The maximum atomic E-state index is 13.1. The third-order valence-electron chi connectivity index (χ3n) is 18.6. The summed E-state index contributed by atoms with van der Waals surface area (Å²) in [6, 6.07) is 49.3. The van der Waals surface area contributed by atoms with Crippen LogP contribution in [0.25, 0.3) is 16.8 Å². The number of anilines is 6. The van der Waals surface area contributed by atoms with Crippen molar-refractivity contribution >= 4 is 35.3 Å². The van der Waals surface area contributed by atoms with Gasteiger partial charge < -0.3 is 52.0 Å². The van der Waals surface area contributed by atoms with Gasteiger partial charge in [-0.05, 0) is 135 Å². The van der Waals surface area contributed by atoms with Gasteiger partial charge in [0, 0.05) is 64.0 Å². The van der Waals surface area contributed by atoms with Gasteiger partial charge in [0.1, 0.15) is 69.7 Å². The van der Waals surface area contributed by atoms with Crippen LogP contribution in [0.3, 0.4) is 0 Å². The molecular formula is C74H88FN17O4. The predicted octanol–water partition coefficient (Wildman–Crippen LogP) is 12.9. The van der Waals surface area contributed by atoms with Crippen LogP contribution in [0.2, 0.25) is 0 Å². The van der Waals surface area contributed by atoms with E-state index in [0.29, 0.717) is 90.9 Å². The van der Waals surface area contributed by atoms with Crippen molar-refractivity contribution in [3.05, 3.63) is 203 Å². The average molecular weight is 1300 g/mol. The van der Waals surface area contributed by atoms with Gasteiger partial charge in [-0.15, -0.1) is 0 Å². The van der Waals surface area contributed by atoms with E-state index in [1.165, 1.54) is 36.3 Å². The summed E-state index contributed by atoms with van der Waals surface area (Å²) in [4.78, 5) is 26.2. The van der Waals surface area contributed by atoms with Gasteiger partial charge in [-0.2, -0.15) is 35.8 Å². The van der Waals surface area contributed by atoms with Crippen LogP contribution < -0.4 is 36.6 Å². The third kappa shape index (κ3) is 16.7. The van der Waals surface area contributed by atoms with Gasteiger partial charge in [-0.25, -0.2) is 24.0 Å². The van der Waals surface area contributed by atoms with Crippen molar-refractivity contribution in [2.24, 2.45) is 16.2 Å². The van der Waals surface area contributed by atoms with E-state index in [0.717, 1.165) is 70.1 Å². The van der Waals surface area contributed by atoms with Crippen LogP contribution in [0.4, 0.5) is 39.7 Å². The number of nitriles is 3. The Kier molecular flexibility index (Phi) is 21.5. The average Bonchev–Trinajstić information content (AvgIpc) is 1.26. The molecule has 96 heavy (non-hydrogen) atoms. The van der Waals surface area contributed by atoms with Gasteiger partial charge in [0.2, 0.25) is 17.8 Å². The summed E-state index contributed by atoms with van der Waals surface area (Å²) in [5, 5.41) is 82.2. The minimum Gasteiger partial charge on any atom is -0.457 e. The summed E-state index contributed by atoms with van der Waals surface area (Å²) < 4.78 is 20.9. The summed E-state index contributed by atoms with van der Waals surface area (Å²) in [5.74, 6) is 4.24. The fourth-order valence-corrected chi connectivity index (χ4v) is 11.4. The predicted molar refractivity (Wildman–Crippen MR) is 376 cm³/mol. The maximum Gasteiger partial charge on any atom is 0.224 e. The molecule has 3 saturated carbocycles. The topological polar surface area (TPSA) is 309 Å². The fourth-order valence-electron chi connectivity index (χ4n) is 11.4. The molecule has 5 aromatic carbocycles. The smallest absolute Gasteiger partial charge is 0.224 e. The standard InChI is InChI=1S/C25H26FN5O.C25H27N5O2.C24H29N7O.3H2/c1-25(2)21(13-22(25)32)30-23-19(14-27)15-29-24(31-23)28-12-11-16-3-5-17(6-4-16)18-7-9-20(26)10-8-18;1-25(2)21(14-22(25)31)29-23-18(15-26)16-28-24(30-23)27-13-12-17-8-10-20(11-9-17)32-19-6-4-3-5-7-19;1-15-11-16(2)31(30-15)19-7-5-17(6-8-19)9-10-26-23-27-14-18(13-25)22(29-23)28-20-12-21(32)24(20,3)4;;;/h3-10,15,21-22,32H,11-13H2,1-2H3,(H2,28,29,30,31);3-11,16,21-22,31H,12-14H2,1-2H3,(H2,27,28,29,30);5-8,11,14,20-21,32H,9-10,12H2,1-4H3,(H2,26,27,28,29);3*1H/t2*21-,22+;20-,21+;;;/m111.../s1. The van der Waals surface area contributed by atoms with Gasteiger partial charge in [0.15, 0.2) is 0 Å². The van der Waals surface area contributed by atoms with E-state index in [-0.39, 0.29) is 62.8 Å². The van der Waals surface area contributed by atoms with E-state index >= 15 is 0 Å². The molecule has 12 rings (SSSR count). The zero-order chi connectivity index (χ0) is 68.2. The molecule has 9 aromatic rings. The molecule has 0 aliphatic heterocycles. The molecule has 0 saturated heterocycles. The molecule has 6 atom stereocenters. The minimum absolute atomic E-state index is 0. The van der Waals surface area contributed by atoms with Gasteiger partial charge in [0.25, 0.3) is 0 Å². The molecule has 21 nitrogen and oxygen atoms in total. The summed E-state index contributed by atoms with van der Waals surface area (Å²) >= 11 is 0. The van der Waals surface area contributed by atoms with Gasteiger partial charge in [0.05, 0.1) is 48.3 Å². The molecule has 3 aliphatic carbocycles. The number of rotatable bonds is 22. The summed E-state index contributed by atoms with van der Waals surface area (Å²) in [6.07, 6.45) is 7.77. The van der Waals surface area contributed by atoms with Crippen molar-refractivity contribution in [3.63, 3.8) is 0 Å². The Morgan fingerprint density at radius 3 is 1.21 bits per heavy atom. The molecule has 500 valence electrons. The molecule has 4 aromatic heterocycles. The SMILES string of the molecule is CC1(C)[C@@H](O)C[C@H]1Nc1nc(NCCc2ccc(-c3ccc(F)cc3)cc2)ncc1C#N.CC1(C)[C@@H](O)C[C@H]1Nc1nc(NCCc2ccc(Oc3ccccc3)cc2)ncc1C#N.Cc1cc(C)n(-c2ccc(CCNc3ncc(C#N)c(N[C@@H]4C[C@H](O)C4(C)C)n3)cc2)n1.[HH].[HH].[HH]. The highest BCUT2D eigenvalue weighted by atomic mass is 19.1. The van der Waals surface area contributed by atoms with Crippen LogP contribution in [0.5, 0.6) is 11.5 Å². The van der Waals surface area contributed by atoms with E-state index in [4.69, 9.17) is 4.74 Å². The Labute approximate surface area is 564 Å². The number of hydrogen-bond acceptors (Lipinski definition) is 20. The van der Waals surface area contributed by atoms with Crippen LogP contribution in [0.1, 0.15) is 110 Å². The van der Waals surface area contributed by atoms with E-state index in [2.05, 4.69) is 128 Å². The first-order valence-electron chi connectivity index (χ1n) is 32.3. The van der Waals surface area contributed by atoms with E-state index < -0.39 is 0 Å². The van der Waals surface area contributed by atoms with Crippen LogP contribution in [-0.2, 0) is 19.3 Å². The zero-order valence-electron chi connectivity index (χ0n) is 55.3. The molecule has 0 radical (unpaired) electrons. The second-order valence-electron chi connectivity index (χ2n) is 26.3. The lowest BCUT2D eigenvalue weighted by Gasteiger charge is -2.49. The highest BCUT2D eigenvalue weighted by molar-refractivity contribution is 5.64. The Morgan fingerprint density at radius 2 is 0.865 bits per heavy atom. The number of benzene rings is 5. The Bertz CT molecular complexity index is 4240. The number of aryl methyl sites for hydroxylation is 2. The van der Waals surface area contributed by atoms with Gasteiger partial charge >= 0.3 is 0 Å². The first-order valence-corrected chi connectivity index (χ1v) is 32.3. The lowest BCUT2D eigenvalue weighted by Crippen LogP contribution is -2.57. The molecule has 3 aliphatic rings. The largest absolute Gasteiger partial charge is 0.457 e. The highest BCUT2D eigenvalue weighted by Gasteiger charge is 2.49. The number of nitrogens with zero attached hydrogens (tertiary/aromatic N) is 11. The minimum atomic E-state index is -0.362. The van der Waals surface area contributed by atoms with E-state index in [1.807, 2.05) is 127 Å². The number of aliphatic hydroxyl groups is 3. The summed E-state index contributed by atoms with van der Waals surface area (Å²) in [5.41, 5.74) is 9.05. The van der Waals surface area contributed by atoms with Gasteiger partial charge in [-0.3, -0.25) is 0 Å². The Balaban J connectivity index is 0.000000206. The maximum absolute atomic E-state index is 13.1. The first-order chi connectivity index (χ1) is 46.1. The quantitative estimate of drug-likeness (QED) is 0.0304. The lowest BCUT2D eigenvalue weighted by atomic mass is 9.64.